The quantitative estimate of drug-likeness (QED) is 0.670. The average Bonchev–Trinajstić information content (AvgIpc) is 2.94. The van der Waals surface area contributed by atoms with Crippen LogP contribution < -0.4 is 10.1 Å². The van der Waals surface area contributed by atoms with Gasteiger partial charge in [0, 0.05) is 29.7 Å². The summed E-state index contributed by atoms with van der Waals surface area (Å²) in [5.41, 5.74) is 3.63. The number of hydrogen-bond donors (Lipinski definition) is 1. The molecule has 0 unspecified atom stereocenters. The number of carbonyl (C=O) groups is 2. The molecule has 3 rings (SSSR count). The molecule has 138 valence electrons. The predicted octanol–water partition coefficient (Wildman–Crippen LogP) is 4.16. The number of benzene rings is 2. The Hall–Kier alpha value is -3.34. The Balaban J connectivity index is 1.73. The largest absolute Gasteiger partial charge is 0.485 e. The van der Waals surface area contributed by atoms with Crippen molar-refractivity contribution < 1.29 is 14.3 Å². The van der Waals surface area contributed by atoms with Gasteiger partial charge in [-0.15, -0.1) is 0 Å². The fourth-order valence-corrected chi connectivity index (χ4v) is 2.86. The number of Topliss-reactive ketones (excluding diaryl/α,β-unsaturated/α-hetero) is 1. The topological polar surface area (TPSA) is 60.3 Å². The minimum absolute atomic E-state index is 0.116. The number of nitrogens with one attached hydrogen (secondary N) is 1. The van der Waals surface area contributed by atoms with Crippen LogP contribution in [0.25, 0.3) is 0 Å². The summed E-state index contributed by atoms with van der Waals surface area (Å²) in [6, 6.07) is 18.0. The lowest BCUT2D eigenvalue weighted by Gasteiger charge is -2.11. The number of carbonyl (C=O) groups excluding carboxylic acids is 2. The summed E-state index contributed by atoms with van der Waals surface area (Å²) < 4.78 is 7.66. The highest BCUT2D eigenvalue weighted by Gasteiger charge is 2.17. The second-order valence-corrected chi connectivity index (χ2v) is 6.37. The third kappa shape index (κ3) is 4.08. The van der Waals surface area contributed by atoms with Crippen LogP contribution >= 0.6 is 0 Å². The van der Waals surface area contributed by atoms with Gasteiger partial charge in [-0.3, -0.25) is 9.59 Å². The van der Waals surface area contributed by atoms with E-state index in [1.54, 1.807) is 24.3 Å². The first-order valence-corrected chi connectivity index (χ1v) is 8.71. The number of anilines is 1. The molecule has 0 saturated carbocycles. The molecule has 0 atom stereocenters. The van der Waals surface area contributed by atoms with Crippen molar-refractivity contribution in [1.29, 1.82) is 0 Å². The molecule has 0 aliphatic rings. The van der Waals surface area contributed by atoms with Crippen LogP contribution in [-0.4, -0.2) is 22.9 Å². The number of para-hydroxylation sites is 2. The SMILES string of the molecule is Cc1cc(C(=O)COc2ccccc2C(=O)Nc2ccccc2)c(C)n1C. The Morgan fingerprint density at radius 1 is 0.963 bits per heavy atom. The smallest absolute Gasteiger partial charge is 0.259 e. The molecular formula is C22H22N2O3. The molecule has 1 N–H and O–H groups in total. The Morgan fingerprint density at radius 2 is 1.63 bits per heavy atom. The summed E-state index contributed by atoms with van der Waals surface area (Å²) in [5, 5.41) is 2.83. The highest BCUT2D eigenvalue weighted by molar-refractivity contribution is 6.06. The van der Waals surface area contributed by atoms with E-state index in [0.717, 1.165) is 11.4 Å². The van der Waals surface area contributed by atoms with E-state index in [1.165, 1.54) is 0 Å². The van der Waals surface area contributed by atoms with Crippen molar-refractivity contribution in [2.75, 3.05) is 11.9 Å². The molecule has 5 heteroatoms. The number of aryl methyl sites for hydroxylation is 1. The van der Waals surface area contributed by atoms with Gasteiger partial charge in [0.2, 0.25) is 5.78 Å². The van der Waals surface area contributed by atoms with E-state index in [0.29, 0.717) is 22.6 Å². The highest BCUT2D eigenvalue weighted by Crippen LogP contribution is 2.21. The molecule has 3 aromatic rings. The summed E-state index contributed by atoms with van der Waals surface area (Å²) in [6.07, 6.45) is 0. The Kier molecular flexibility index (Phi) is 5.41. The number of nitrogens with zero attached hydrogens (tertiary/aromatic N) is 1. The van der Waals surface area contributed by atoms with Crippen molar-refractivity contribution in [1.82, 2.24) is 4.57 Å². The Bertz CT molecular complexity index is 974. The van der Waals surface area contributed by atoms with Gasteiger partial charge in [0.05, 0.1) is 5.56 Å². The highest BCUT2D eigenvalue weighted by atomic mass is 16.5. The number of ether oxygens (including phenoxy) is 1. The van der Waals surface area contributed by atoms with Crippen LogP contribution in [0.2, 0.25) is 0 Å². The maximum absolute atomic E-state index is 12.6. The van der Waals surface area contributed by atoms with Crippen LogP contribution in [0.5, 0.6) is 5.75 Å². The predicted molar refractivity (Wildman–Crippen MR) is 106 cm³/mol. The minimum atomic E-state index is -0.281. The van der Waals surface area contributed by atoms with Crippen molar-refractivity contribution in [3.8, 4) is 5.75 Å². The zero-order valence-electron chi connectivity index (χ0n) is 15.7. The van der Waals surface area contributed by atoms with E-state index >= 15 is 0 Å². The summed E-state index contributed by atoms with van der Waals surface area (Å²) in [6.45, 7) is 3.73. The zero-order chi connectivity index (χ0) is 19.4. The number of aromatic nitrogens is 1. The van der Waals surface area contributed by atoms with Crippen LogP contribution in [0, 0.1) is 13.8 Å². The fourth-order valence-electron chi connectivity index (χ4n) is 2.86. The zero-order valence-corrected chi connectivity index (χ0v) is 15.7. The minimum Gasteiger partial charge on any atom is -0.485 e. The van der Waals surface area contributed by atoms with Crippen molar-refractivity contribution in [2.24, 2.45) is 7.05 Å². The van der Waals surface area contributed by atoms with E-state index < -0.39 is 0 Å². The van der Waals surface area contributed by atoms with Gasteiger partial charge in [-0.25, -0.2) is 0 Å². The van der Waals surface area contributed by atoms with Crippen LogP contribution in [-0.2, 0) is 7.05 Å². The van der Waals surface area contributed by atoms with E-state index in [1.807, 2.05) is 61.9 Å². The van der Waals surface area contributed by atoms with Gasteiger partial charge < -0.3 is 14.6 Å². The Morgan fingerprint density at radius 3 is 2.30 bits per heavy atom. The van der Waals surface area contributed by atoms with Crippen molar-refractivity contribution in [3.63, 3.8) is 0 Å². The summed E-state index contributed by atoms with van der Waals surface area (Å²) in [4.78, 5) is 25.1. The lowest BCUT2D eigenvalue weighted by atomic mass is 10.1. The fraction of sp³-hybridized carbons (Fsp3) is 0.182. The van der Waals surface area contributed by atoms with Crippen LogP contribution in [0.1, 0.15) is 32.1 Å². The van der Waals surface area contributed by atoms with Gasteiger partial charge in [0.25, 0.3) is 5.91 Å². The van der Waals surface area contributed by atoms with E-state index in [-0.39, 0.29) is 18.3 Å². The molecule has 0 fully saturated rings. The number of amides is 1. The lowest BCUT2D eigenvalue weighted by molar-refractivity contribution is 0.0913. The second-order valence-electron chi connectivity index (χ2n) is 6.37. The van der Waals surface area contributed by atoms with Crippen LogP contribution in [0.15, 0.2) is 60.7 Å². The van der Waals surface area contributed by atoms with E-state index in [2.05, 4.69) is 5.32 Å². The van der Waals surface area contributed by atoms with Crippen LogP contribution in [0.3, 0.4) is 0 Å². The lowest BCUT2D eigenvalue weighted by Crippen LogP contribution is -2.17. The number of rotatable bonds is 6. The molecule has 2 aromatic carbocycles. The van der Waals surface area contributed by atoms with Gasteiger partial charge in [0.1, 0.15) is 5.75 Å². The normalized spacial score (nSPS) is 10.5. The molecule has 0 saturated heterocycles. The third-order valence-corrected chi connectivity index (χ3v) is 4.60. The molecule has 0 aliphatic heterocycles. The molecule has 1 aromatic heterocycles. The molecule has 27 heavy (non-hydrogen) atoms. The van der Waals surface area contributed by atoms with Crippen LogP contribution in [0.4, 0.5) is 5.69 Å². The Labute approximate surface area is 158 Å². The molecule has 0 spiro atoms. The summed E-state index contributed by atoms with van der Waals surface area (Å²) in [5.74, 6) is -0.0185. The summed E-state index contributed by atoms with van der Waals surface area (Å²) >= 11 is 0. The van der Waals surface area contributed by atoms with Gasteiger partial charge >= 0.3 is 0 Å². The standard InChI is InChI=1S/C22H22N2O3/c1-15-13-19(16(2)24(15)3)20(25)14-27-21-12-8-7-11-18(21)22(26)23-17-9-5-4-6-10-17/h4-13H,14H2,1-3H3,(H,23,26). The molecular weight excluding hydrogens is 340 g/mol. The maximum Gasteiger partial charge on any atom is 0.259 e. The first kappa shape index (κ1) is 18.5. The molecule has 0 aliphatic carbocycles. The van der Waals surface area contributed by atoms with Gasteiger partial charge in [-0.05, 0) is 44.2 Å². The molecule has 0 radical (unpaired) electrons. The van der Waals surface area contributed by atoms with Gasteiger partial charge in [-0.1, -0.05) is 30.3 Å². The second kappa shape index (κ2) is 7.91. The molecule has 5 nitrogen and oxygen atoms in total. The van der Waals surface area contributed by atoms with E-state index in [4.69, 9.17) is 4.74 Å². The monoisotopic (exact) mass is 362 g/mol. The van der Waals surface area contributed by atoms with Gasteiger partial charge in [0.15, 0.2) is 6.61 Å². The van der Waals surface area contributed by atoms with Crippen molar-refractivity contribution in [3.05, 3.63) is 83.2 Å². The first-order chi connectivity index (χ1) is 13.0. The number of ketones is 1. The van der Waals surface area contributed by atoms with Gasteiger partial charge in [-0.2, -0.15) is 0 Å². The first-order valence-electron chi connectivity index (χ1n) is 8.71. The molecule has 1 amide bonds. The van der Waals surface area contributed by atoms with Crippen molar-refractivity contribution in [2.45, 2.75) is 13.8 Å². The van der Waals surface area contributed by atoms with Crippen molar-refractivity contribution >= 4 is 17.4 Å². The third-order valence-electron chi connectivity index (χ3n) is 4.60. The average molecular weight is 362 g/mol. The molecule has 1 heterocycles. The van der Waals surface area contributed by atoms with E-state index in [9.17, 15) is 9.59 Å². The maximum atomic E-state index is 12.6. The molecule has 0 bridgehead atoms. The number of hydrogen-bond acceptors (Lipinski definition) is 3. The summed E-state index contributed by atoms with van der Waals surface area (Å²) in [7, 11) is 1.92.